The molecule has 0 saturated heterocycles. The number of halogens is 2. The number of H-pyrrole nitrogens is 1. The Hall–Kier alpha value is -1.62. The van der Waals surface area contributed by atoms with Crippen LogP contribution >= 0.6 is 11.6 Å². The summed E-state index contributed by atoms with van der Waals surface area (Å²) < 4.78 is 17.6. The van der Waals surface area contributed by atoms with E-state index in [1.807, 2.05) is 0 Å². The van der Waals surface area contributed by atoms with E-state index in [4.69, 9.17) is 11.6 Å². The van der Waals surface area contributed by atoms with Gasteiger partial charge in [-0.05, 0) is 12.1 Å². The van der Waals surface area contributed by atoms with Crippen molar-refractivity contribution in [3.05, 3.63) is 39.6 Å². The van der Waals surface area contributed by atoms with Crippen LogP contribution in [0.4, 0.5) is 4.39 Å². The lowest BCUT2D eigenvalue weighted by Crippen LogP contribution is -1.95. The Kier molecular flexibility index (Phi) is 2.09. The van der Waals surface area contributed by atoms with Crippen molar-refractivity contribution in [3.8, 4) is 11.4 Å². The molecule has 1 aromatic carbocycles. The highest BCUT2D eigenvalue weighted by molar-refractivity contribution is 6.31. The van der Waals surface area contributed by atoms with Crippen LogP contribution in [0.2, 0.25) is 5.02 Å². The standard InChI is InChI=1S/C8H4ClFN2O2/c9-5-3-1-2-4(6(5)10)7-11-8(13)14-12-7/h1-3H,(H,11,12,13). The lowest BCUT2D eigenvalue weighted by atomic mass is 10.2. The van der Waals surface area contributed by atoms with Crippen molar-refractivity contribution in [3.63, 3.8) is 0 Å². The van der Waals surface area contributed by atoms with E-state index in [1.54, 1.807) is 6.07 Å². The topological polar surface area (TPSA) is 58.9 Å². The molecule has 0 spiro atoms. The maximum Gasteiger partial charge on any atom is 0.439 e. The van der Waals surface area contributed by atoms with Crippen LogP contribution in [0.1, 0.15) is 0 Å². The molecule has 0 atom stereocenters. The number of nitrogens with zero attached hydrogens (tertiary/aromatic N) is 1. The Morgan fingerprint density at radius 1 is 1.50 bits per heavy atom. The van der Waals surface area contributed by atoms with Crippen molar-refractivity contribution < 1.29 is 8.91 Å². The summed E-state index contributed by atoms with van der Waals surface area (Å²) in [7, 11) is 0. The predicted octanol–water partition coefficient (Wildman–Crippen LogP) is 1.82. The van der Waals surface area contributed by atoms with Crippen LogP contribution in [0.5, 0.6) is 0 Å². The number of rotatable bonds is 1. The quantitative estimate of drug-likeness (QED) is 0.788. The third-order valence-electron chi connectivity index (χ3n) is 1.65. The van der Waals surface area contributed by atoms with E-state index in [0.717, 1.165) is 0 Å². The molecule has 0 radical (unpaired) electrons. The van der Waals surface area contributed by atoms with Crippen molar-refractivity contribution in [1.82, 2.24) is 10.1 Å². The zero-order chi connectivity index (χ0) is 10.1. The minimum atomic E-state index is -0.737. The van der Waals surface area contributed by atoms with E-state index >= 15 is 0 Å². The summed E-state index contributed by atoms with van der Waals surface area (Å²) in [6.45, 7) is 0. The third kappa shape index (κ3) is 1.42. The fourth-order valence-corrected chi connectivity index (χ4v) is 1.21. The minimum absolute atomic E-state index is 0.0231. The van der Waals surface area contributed by atoms with Crippen LogP contribution in [0, 0.1) is 5.82 Å². The normalized spacial score (nSPS) is 10.4. The fraction of sp³-hybridized carbons (Fsp3) is 0. The van der Waals surface area contributed by atoms with Crippen LogP contribution in [0.15, 0.2) is 27.5 Å². The average molecular weight is 215 g/mol. The molecule has 0 fully saturated rings. The molecule has 1 N–H and O–H groups in total. The molecule has 1 heterocycles. The van der Waals surface area contributed by atoms with Gasteiger partial charge in [-0.1, -0.05) is 22.8 Å². The molecule has 0 unspecified atom stereocenters. The van der Waals surface area contributed by atoms with Crippen molar-refractivity contribution in [2.75, 3.05) is 0 Å². The second kappa shape index (κ2) is 3.26. The second-order valence-corrected chi connectivity index (χ2v) is 2.95. The van der Waals surface area contributed by atoms with Crippen LogP contribution in [0.25, 0.3) is 11.4 Å². The van der Waals surface area contributed by atoms with Gasteiger partial charge in [-0.25, -0.2) is 9.18 Å². The van der Waals surface area contributed by atoms with Crippen molar-refractivity contribution >= 4 is 11.6 Å². The minimum Gasteiger partial charge on any atom is -0.296 e. The van der Waals surface area contributed by atoms with E-state index in [1.165, 1.54) is 12.1 Å². The van der Waals surface area contributed by atoms with Gasteiger partial charge in [0, 0.05) is 0 Å². The van der Waals surface area contributed by atoms with Gasteiger partial charge < -0.3 is 0 Å². The van der Waals surface area contributed by atoms with Crippen molar-refractivity contribution in [1.29, 1.82) is 0 Å². The first-order valence-electron chi connectivity index (χ1n) is 3.69. The lowest BCUT2D eigenvalue weighted by molar-refractivity contribution is 0.387. The summed E-state index contributed by atoms with van der Waals surface area (Å²) in [6, 6.07) is 4.39. The molecular formula is C8H4ClFN2O2. The maximum absolute atomic E-state index is 13.4. The summed E-state index contributed by atoms with van der Waals surface area (Å²) in [5.41, 5.74) is 0.100. The highest BCUT2D eigenvalue weighted by Crippen LogP contribution is 2.23. The highest BCUT2D eigenvalue weighted by atomic mass is 35.5. The Balaban J connectivity index is 2.62. The molecule has 1 aromatic heterocycles. The van der Waals surface area contributed by atoms with E-state index < -0.39 is 11.6 Å². The van der Waals surface area contributed by atoms with E-state index in [9.17, 15) is 9.18 Å². The second-order valence-electron chi connectivity index (χ2n) is 2.55. The van der Waals surface area contributed by atoms with Gasteiger partial charge in [0.05, 0.1) is 10.6 Å². The molecule has 0 aliphatic heterocycles. The largest absolute Gasteiger partial charge is 0.439 e. The molecule has 2 aromatic rings. The summed E-state index contributed by atoms with van der Waals surface area (Å²) in [6.07, 6.45) is 0. The Morgan fingerprint density at radius 3 is 2.93 bits per heavy atom. The predicted molar refractivity (Wildman–Crippen MR) is 47.5 cm³/mol. The summed E-state index contributed by atoms with van der Waals surface area (Å²) >= 11 is 5.55. The molecule has 0 amide bonds. The molecule has 72 valence electrons. The SMILES string of the molecule is O=c1[nH]c(-c2cccc(Cl)c2F)no1. The van der Waals surface area contributed by atoms with Crippen LogP contribution in [-0.2, 0) is 0 Å². The van der Waals surface area contributed by atoms with Gasteiger partial charge in [0.1, 0.15) is 0 Å². The fourth-order valence-electron chi connectivity index (χ4n) is 1.03. The van der Waals surface area contributed by atoms with E-state index in [2.05, 4.69) is 14.7 Å². The third-order valence-corrected chi connectivity index (χ3v) is 1.94. The monoisotopic (exact) mass is 214 g/mol. The number of nitrogens with one attached hydrogen (secondary N) is 1. The molecule has 4 nitrogen and oxygen atoms in total. The average Bonchev–Trinajstić information content (AvgIpc) is 2.57. The Bertz CT molecular complexity index is 520. The number of hydrogen-bond acceptors (Lipinski definition) is 3. The molecule has 0 bridgehead atoms. The highest BCUT2D eigenvalue weighted by Gasteiger charge is 2.11. The zero-order valence-corrected chi connectivity index (χ0v) is 7.51. The summed E-state index contributed by atoms with van der Waals surface area (Å²) in [5.74, 6) is -1.35. The molecule has 2 rings (SSSR count). The molecule has 14 heavy (non-hydrogen) atoms. The molecular weight excluding hydrogens is 211 g/mol. The van der Waals surface area contributed by atoms with Gasteiger partial charge in [0.25, 0.3) is 0 Å². The van der Waals surface area contributed by atoms with Crippen LogP contribution in [-0.4, -0.2) is 10.1 Å². The van der Waals surface area contributed by atoms with Crippen molar-refractivity contribution in [2.45, 2.75) is 0 Å². The Morgan fingerprint density at radius 2 is 2.29 bits per heavy atom. The van der Waals surface area contributed by atoms with Gasteiger partial charge in [-0.3, -0.25) is 9.51 Å². The number of aromatic amines is 1. The van der Waals surface area contributed by atoms with Crippen molar-refractivity contribution in [2.24, 2.45) is 0 Å². The first-order chi connectivity index (χ1) is 6.68. The molecule has 0 aliphatic rings. The molecule has 0 aliphatic carbocycles. The van der Waals surface area contributed by atoms with Gasteiger partial charge in [-0.2, -0.15) is 0 Å². The zero-order valence-electron chi connectivity index (χ0n) is 6.75. The van der Waals surface area contributed by atoms with Gasteiger partial charge in [0.2, 0.25) is 0 Å². The Labute approximate surface area is 82.3 Å². The smallest absolute Gasteiger partial charge is 0.296 e. The van der Waals surface area contributed by atoms with Crippen LogP contribution in [0.3, 0.4) is 0 Å². The summed E-state index contributed by atoms with van der Waals surface area (Å²) in [4.78, 5) is 12.8. The first kappa shape index (κ1) is 8.96. The summed E-state index contributed by atoms with van der Waals surface area (Å²) in [5, 5.41) is 3.31. The van der Waals surface area contributed by atoms with Gasteiger partial charge >= 0.3 is 5.76 Å². The van der Waals surface area contributed by atoms with E-state index in [0.29, 0.717) is 0 Å². The van der Waals surface area contributed by atoms with Crippen LogP contribution < -0.4 is 5.76 Å². The van der Waals surface area contributed by atoms with Gasteiger partial charge in [0.15, 0.2) is 11.6 Å². The number of benzene rings is 1. The molecule has 0 saturated carbocycles. The lowest BCUT2D eigenvalue weighted by Gasteiger charge is -1.98. The maximum atomic E-state index is 13.4. The molecule has 6 heteroatoms. The van der Waals surface area contributed by atoms with E-state index in [-0.39, 0.29) is 16.4 Å². The number of hydrogen-bond donors (Lipinski definition) is 1. The number of aromatic nitrogens is 2. The first-order valence-corrected chi connectivity index (χ1v) is 4.06. The van der Waals surface area contributed by atoms with Gasteiger partial charge in [-0.15, -0.1) is 0 Å².